The number of carbonyl (C=O) groups is 1. The number of amides is 1. The van der Waals surface area contributed by atoms with E-state index in [1.807, 2.05) is 47.4 Å². The van der Waals surface area contributed by atoms with E-state index in [4.69, 9.17) is 0 Å². The van der Waals surface area contributed by atoms with Crippen LogP contribution in [0.4, 0.5) is 0 Å². The van der Waals surface area contributed by atoms with E-state index in [0.717, 1.165) is 43.9 Å². The van der Waals surface area contributed by atoms with Crippen molar-refractivity contribution in [2.45, 2.75) is 13.5 Å². The van der Waals surface area contributed by atoms with Crippen molar-refractivity contribution in [2.24, 2.45) is 0 Å². The van der Waals surface area contributed by atoms with Crippen molar-refractivity contribution >= 4 is 5.91 Å². The minimum absolute atomic E-state index is 0.134. The van der Waals surface area contributed by atoms with Gasteiger partial charge in [-0.25, -0.2) is 0 Å². The van der Waals surface area contributed by atoms with Crippen molar-refractivity contribution in [1.82, 2.24) is 9.80 Å². The van der Waals surface area contributed by atoms with E-state index in [9.17, 15) is 4.79 Å². The summed E-state index contributed by atoms with van der Waals surface area (Å²) in [5.74, 6) is 0.134. The summed E-state index contributed by atoms with van der Waals surface area (Å²) >= 11 is 0. The minimum atomic E-state index is 0.134. The number of piperazine rings is 1. The molecule has 1 aliphatic heterocycles. The van der Waals surface area contributed by atoms with Crippen molar-refractivity contribution in [3.63, 3.8) is 0 Å². The van der Waals surface area contributed by atoms with E-state index >= 15 is 0 Å². The molecule has 1 saturated heterocycles. The Bertz CT molecular complexity index is 926. The zero-order chi connectivity index (χ0) is 19.3. The number of carbonyl (C=O) groups excluding carboxylic acids is 1. The summed E-state index contributed by atoms with van der Waals surface area (Å²) in [4.78, 5) is 17.3. The molecular formula is C25H26N2O. The lowest BCUT2D eigenvalue weighted by molar-refractivity contribution is 0.0628. The van der Waals surface area contributed by atoms with E-state index in [1.54, 1.807) is 0 Å². The first-order valence-electron chi connectivity index (χ1n) is 9.92. The van der Waals surface area contributed by atoms with Crippen LogP contribution in [-0.2, 0) is 6.54 Å². The lowest BCUT2D eigenvalue weighted by atomic mass is 10.0. The van der Waals surface area contributed by atoms with Gasteiger partial charge in [0.15, 0.2) is 0 Å². The van der Waals surface area contributed by atoms with Crippen molar-refractivity contribution in [3.8, 4) is 11.1 Å². The molecule has 3 aromatic carbocycles. The summed E-state index contributed by atoms with van der Waals surface area (Å²) in [7, 11) is 0. The molecule has 0 aliphatic carbocycles. The van der Waals surface area contributed by atoms with Gasteiger partial charge in [-0.1, -0.05) is 66.7 Å². The predicted octanol–water partition coefficient (Wildman–Crippen LogP) is 4.62. The molecule has 0 aromatic heterocycles. The third-order valence-electron chi connectivity index (χ3n) is 5.55. The van der Waals surface area contributed by atoms with Gasteiger partial charge in [0.05, 0.1) is 0 Å². The molecule has 3 nitrogen and oxygen atoms in total. The molecule has 0 atom stereocenters. The van der Waals surface area contributed by atoms with Crippen molar-refractivity contribution in [1.29, 1.82) is 0 Å². The van der Waals surface area contributed by atoms with Gasteiger partial charge >= 0.3 is 0 Å². The van der Waals surface area contributed by atoms with Crippen LogP contribution < -0.4 is 0 Å². The van der Waals surface area contributed by atoms with Crippen LogP contribution in [0.3, 0.4) is 0 Å². The number of aryl methyl sites for hydroxylation is 1. The summed E-state index contributed by atoms with van der Waals surface area (Å²) in [5.41, 5.74) is 5.79. The largest absolute Gasteiger partial charge is 0.336 e. The Morgan fingerprint density at radius 1 is 0.750 bits per heavy atom. The van der Waals surface area contributed by atoms with E-state index in [2.05, 4.69) is 48.2 Å². The van der Waals surface area contributed by atoms with Crippen LogP contribution >= 0.6 is 0 Å². The molecule has 4 rings (SSSR count). The molecule has 1 heterocycles. The molecule has 0 unspecified atom stereocenters. The highest BCUT2D eigenvalue weighted by Gasteiger charge is 2.22. The first kappa shape index (κ1) is 18.5. The van der Waals surface area contributed by atoms with Crippen LogP contribution in [0.1, 0.15) is 21.5 Å². The SMILES string of the molecule is Cc1ccccc1CN1CCN(C(=O)c2ccc(-c3ccccc3)cc2)CC1. The van der Waals surface area contributed by atoms with Gasteiger partial charge in [0, 0.05) is 38.3 Å². The Balaban J connectivity index is 1.35. The predicted molar refractivity (Wildman–Crippen MR) is 114 cm³/mol. The third kappa shape index (κ3) is 4.15. The van der Waals surface area contributed by atoms with Gasteiger partial charge in [0.1, 0.15) is 0 Å². The Hall–Kier alpha value is -2.91. The van der Waals surface area contributed by atoms with Gasteiger partial charge < -0.3 is 4.90 Å². The number of benzene rings is 3. The zero-order valence-corrected chi connectivity index (χ0v) is 16.3. The second kappa shape index (κ2) is 8.41. The molecular weight excluding hydrogens is 344 g/mol. The smallest absolute Gasteiger partial charge is 0.253 e. The maximum atomic E-state index is 12.9. The van der Waals surface area contributed by atoms with Gasteiger partial charge in [-0.15, -0.1) is 0 Å². The van der Waals surface area contributed by atoms with Gasteiger partial charge in [-0.3, -0.25) is 9.69 Å². The first-order chi connectivity index (χ1) is 13.7. The topological polar surface area (TPSA) is 23.6 Å². The second-order valence-electron chi connectivity index (χ2n) is 7.44. The summed E-state index contributed by atoms with van der Waals surface area (Å²) in [5, 5.41) is 0. The molecule has 1 fully saturated rings. The van der Waals surface area contributed by atoms with Crippen molar-refractivity contribution in [2.75, 3.05) is 26.2 Å². The van der Waals surface area contributed by atoms with Crippen LogP contribution in [0.15, 0.2) is 78.9 Å². The Labute approximate surface area is 167 Å². The highest BCUT2D eigenvalue weighted by atomic mass is 16.2. The van der Waals surface area contributed by atoms with E-state index < -0.39 is 0 Å². The maximum absolute atomic E-state index is 12.9. The van der Waals surface area contributed by atoms with Gasteiger partial charge in [0.25, 0.3) is 5.91 Å². The summed E-state index contributed by atoms with van der Waals surface area (Å²) in [6, 6.07) is 26.8. The van der Waals surface area contributed by atoms with Crippen LogP contribution in [0.25, 0.3) is 11.1 Å². The van der Waals surface area contributed by atoms with Crippen LogP contribution in [0, 0.1) is 6.92 Å². The molecule has 0 radical (unpaired) electrons. The lowest BCUT2D eigenvalue weighted by Gasteiger charge is -2.35. The van der Waals surface area contributed by atoms with Crippen LogP contribution in [-0.4, -0.2) is 41.9 Å². The van der Waals surface area contributed by atoms with Gasteiger partial charge in [-0.05, 0) is 41.3 Å². The maximum Gasteiger partial charge on any atom is 0.253 e. The molecule has 3 heteroatoms. The van der Waals surface area contributed by atoms with Crippen molar-refractivity contribution < 1.29 is 4.79 Å². The number of hydrogen-bond donors (Lipinski definition) is 0. The van der Waals surface area contributed by atoms with Crippen LogP contribution in [0.5, 0.6) is 0 Å². The minimum Gasteiger partial charge on any atom is -0.336 e. The molecule has 28 heavy (non-hydrogen) atoms. The number of nitrogens with zero attached hydrogens (tertiary/aromatic N) is 2. The van der Waals surface area contributed by atoms with E-state index in [0.29, 0.717) is 0 Å². The first-order valence-corrected chi connectivity index (χ1v) is 9.92. The highest BCUT2D eigenvalue weighted by molar-refractivity contribution is 5.94. The normalized spacial score (nSPS) is 14.8. The highest BCUT2D eigenvalue weighted by Crippen LogP contribution is 2.20. The molecule has 0 N–H and O–H groups in total. The molecule has 1 amide bonds. The lowest BCUT2D eigenvalue weighted by Crippen LogP contribution is -2.48. The standard InChI is InChI=1S/C25H26N2O/c1-20-7-5-6-10-24(20)19-26-15-17-27(18-16-26)25(28)23-13-11-22(12-14-23)21-8-3-2-4-9-21/h2-14H,15-19H2,1H3. The molecule has 1 aliphatic rings. The number of rotatable bonds is 4. The Morgan fingerprint density at radius 2 is 1.36 bits per heavy atom. The van der Waals surface area contributed by atoms with Gasteiger partial charge in [-0.2, -0.15) is 0 Å². The average molecular weight is 370 g/mol. The van der Waals surface area contributed by atoms with E-state index in [1.165, 1.54) is 16.7 Å². The summed E-state index contributed by atoms with van der Waals surface area (Å²) in [6.07, 6.45) is 0. The Morgan fingerprint density at radius 3 is 2.04 bits per heavy atom. The summed E-state index contributed by atoms with van der Waals surface area (Å²) in [6.45, 7) is 6.52. The summed E-state index contributed by atoms with van der Waals surface area (Å²) < 4.78 is 0. The molecule has 3 aromatic rings. The molecule has 142 valence electrons. The monoisotopic (exact) mass is 370 g/mol. The Kier molecular flexibility index (Phi) is 5.54. The zero-order valence-electron chi connectivity index (χ0n) is 16.3. The number of hydrogen-bond acceptors (Lipinski definition) is 2. The molecule has 0 saturated carbocycles. The van der Waals surface area contributed by atoms with Crippen molar-refractivity contribution in [3.05, 3.63) is 95.6 Å². The molecule has 0 bridgehead atoms. The second-order valence-corrected chi connectivity index (χ2v) is 7.44. The fraction of sp³-hybridized carbons (Fsp3) is 0.240. The van der Waals surface area contributed by atoms with E-state index in [-0.39, 0.29) is 5.91 Å². The molecule has 0 spiro atoms. The third-order valence-corrected chi connectivity index (χ3v) is 5.55. The fourth-order valence-electron chi connectivity index (χ4n) is 3.76. The average Bonchev–Trinajstić information content (AvgIpc) is 2.76. The fourth-order valence-corrected chi connectivity index (χ4v) is 3.76. The quantitative estimate of drug-likeness (QED) is 0.669. The van der Waals surface area contributed by atoms with Crippen LogP contribution in [0.2, 0.25) is 0 Å². The van der Waals surface area contributed by atoms with Gasteiger partial charge in [0.2, 0.25) is 0 Å².